The molecule has 0 unspecified atom stereocenters. The first kappa shape index (κ1) is 23.0. The molecule has 166 valence electrons. The summed E-state index contributed by atoms with van der Waals surface area (Å²) in [6, 6.07) is 17.9. The molecule has 3 aromatic rings. The first-order valence-corrected chi connectivity index (χ1v) is 11.0. The smallest absolute Gasteiger partial charge is 0.199 e. The van der Waals surface area contributed by atoms with Crippen LogP contribution < -0.4 is 9.47 Å². The standard InChI is InChI=1S/C24H32N4O2S/c1-19(2)14-15-27-23(17-30-22-8-6-5-7-9-22)25-28(24(27)31)18-26(3)16-20-10-12-21(29-4)13-11-20/h5-13,19H,14-18H2,1-4H3. The van der Waals surface area contributed by atoms with Gasteiger partial charge in [0.1, 0.15) is 18.1 Å². The second kappa shape index (κ2) is 11.1. The van der Waals surface area contributed by atoms with Gasteiger partial charge in [0.15, 0.2) is 10.6 Å². The first-order chi connectivity index (χ1) is 15.0. The van der Waals surface area contributed by atoms with Crippen molar-refractivity contribution in [2.45, 2.75) is 46.6 Å². The third-order valence-corrected chi connectivity index (χ3v) is 5.46. The van der Waals surface area contributed by atoms with Crippen LogP contribution in [-0.2, 0) is 26.4 Å². The van der Waals surface area contributed by atoms with E-state index in [-0.39, 0.29) is 0 Å². The number of hydrogen-bond acceptors (Lipinski definition) is 5. The van der Waals surface area contributed by atoms with Gasteiger partial charge in [-0.2, -0.15) is 5.10 Å². The Morgan fingerprint density at radius 3 is 2.39 bits per heavy atom. The molecule has 0 aliphatic rings. The van der Waals surface area contributed by atoms with Gasteiger partial charge < -0.3 is 14.0 Å². The van der Waals surface area contributed by atoms with E-state index in [9.17, 15) is 0 Å². The summed E-state index contributed by atoms with van der Waals surface area (Å²) >= 11 is 5.78. The van der Waals surface area contributed by atoms with Gasteiger partial charge in [0, 0.05) is 13.1 Å². The maximum absolute atomic E-state index is 5.96. The Labute approximate surface area is 190 Å². The zero-order chi connectivity index (χ0) is 22.2. The van der Waals surface area contributed by atoms with Crippen LogP contribution in [0.3, 0.4) is 0 Å². The Morgan fingerprint density at radius 1 is 1.03 bits per heavy atom. The molecule has 0 radical (unpaired) electrons. The molecule has 2 aromatic carbocycles. The topological polar surface area (TPSA) is 44.4 Å². The van der Waals surface area contributed by atoms with Crippen molar-refractivity contribution in [2.75, 3.05) is 14.2 Å². The molecule has 0 N–H and O–H groups in total. The van der Waals surface area contributed by atoms with Crippen LogP contribution >= 0.6 is 12.2 Å². The molecule has 0 saturated carbocycles. The fraction of sp³-hybridized carbons (Fsp3) is 0.417. The van der Waals surface area contributed by atoms with Crippen LogP contribution in [0.15, 0.2) is 54.6 Å². The van der Waals surface area contributed by atoms with E-state index in [4.69, 9.17) is 26.8 Å². The van der Waals surface area contributed by atoms with Gasteiger partial charge in [-0.05, 0) is 61.4 Å². The van der Waals surface area contributed by atoms with Crippen LogP contribution in [0.5, 0.6) is 11.5 Å². The van der Waals surface area contributed by atoms with Gasteiger partial charge in [0.25, 0.3) is 0 Å². The lowest BCUT2D eigenvalue weighted by Gasteiger charge is -2.16. The summed E-state index contributed by atoms with van der Waals surface area (Å²) in [6.07, 6.45) is 1.04. The summed E-state index contributed by atoms with van der Waals surface area (Å²) in [7, 11) is 3.75. The molecule has 0 saturated heterocycles. The fourth-order valence-electron chi connectivity index (χ4n) is 3.28. The van der Waals surface area contributed by atoms with Gasteiger partial charge in [-0.3, -0.25) is 4.90 Å². The highest BCUT2D eigenvalue weighted by molar-refractivity contribution is 7.71. The average Bonchev–Trinajstić information content (AvgIpc) is 3.06. The summed E-state index contributed by atoms with van der Waals surface area (Å²) in [6.45, 7) is 7.07. The number of rotatable bonds is 11. The Kier molecular flexibility index (Phi) is 8.26. The molecule has 0 amide bonds. The van der Waals surface area contributed by atoms with E-state index in [1.165, 1.54) is 5.56 Å². The van der Waals surface area contributed by atoms with Gasteiger partial charge in [-0.1, -0.05) is 44.2 Å². The summed E-state index contributed by atoms with van der Waals surface area (Å²) < 4.78 is 15.9. The lowest BCUT2D eigenvalue weighted by molar-refractivity contribution is 0.240. The van der Waals surface area contributed by atoms with E-state index in [1.807, 2.05) is 47.1 Å². The lowest BCUT2D eigenvalue weighted by Crippen LogP contribution is -2.22. The average molecular weight is 441 g/mol. The van der Waals surface area contributed by atoms with Gasteiger partial charge >= 0.3 is 0 Å². The first-order valence-electron chi connectivity index (χ1n) is 10.6. The van der Waals surface area contributed by atoms with Crippen molar-refractivity contribution in [3.8, 4) is 11.5 Å². The third kappa shape index (κ3) is 6.67. The minimum absolute atomic E-state index is 0.390. The van der Waals surface area contributed by atoms with Crippen molar-refractivity contribution < 1.29 is 9.47 Å². The van der Waals surface area contributed by atoms with Crippen molar-refractivity contribution in [2.24, 2.45) is 5.92 Å². The van der Waals surface area contributed by atoms with Gasteiger partial charge in [0.2, 0.25) is 0 Å². The van der Waals surface area contributed by atoms with Gasteiger partial charge in [0.05, 0.1) is 13.8 Å². The highest BCUT2D eigenvalue weighted by Gasteiger charge is 2.14. The van der Waals surface area contributed by atoms with E-state index in [0.717, 1.165) is 41.6 Å². The Balaban J connectivity index is 1.72. The fourth-order valence-corrected chi connectivity index (χ4v) is 3.58. The molecule has 7 heteroatoms. The largest absolute Gasteiger partial charge is 0.497 e. The normalized spacial score (nSPS) is 11.3. The highest BCUT2D eigenvalue weighted by Crippen LogP contribution is 2.15. The molecular formula is C24H32N4O2S. The monoisotopic (exact) mass is 440 g/mol. The maximum atomic E-state index is 5.96. The minimum Gasteiger partial charge on any atom is -0.497 e. The summed E-state index contributed by atoms with van der Waals surface area (Å²) in [4.78, 5) is 2.19. The number of nitrogens with zero attached hydrogens (tertiary/aromatic N) is 4. The predicted molar refractivity (Wildman–Crippen MR) is 126 cm³/mol. The predicted octanol–water partition coefficient (Wildman–Crippen LogP) is 5.14. The number of methoxy groups -OCH3 is 1. The molecule has 0 atom stereocenters. The van der Waals surface area contributed by atoms with Crippen LogP contribution in [0.4, 0.5) is 0 Å². The molecule has 1 aromatic heterocycles. The number of aromatic nitrogens is 3. The number of benzene rings is 2. The summed E-state index contributed by atoms with van der Waals surface area (Å²) in [5.41, 5.74) is 1.21. The van der Waals surface area contributed by atoms with Crippen LogP contribution in [0.2, 0.25) is 0 Å². The second-order valence-electron chi connectivity index (χ2n) is 8.14. The molecular weight excluding hydrogens is 408 g/mol. The van der Waals surface area contributed by atoms with Crippen molar-refractivity contribution in [1.29, 1.82) is 0 Å². The number of hydrogen-bond donors (Lipinski definition) is 0. The van der Waals surface area contributed by atoms with E-state index in [0.29, 0.717) is 19.2 Å². The molecule has 1 heterocycles. The van der Waals surface area contributed by atoms with E-state index >= 15 is 0 Å². The summed E-state index contributed by atoms with van der Waals surface area (Å²) in [5, 5.41) is 4.80. The van der Waals surface area contributed by atoms with Crippen LogP contribution in [-0.4, -0.2) is 33.4 Å². The Morgan fingerprint density at radius 2 is 1.74 bits per heavy atom. The van der Waals surface area contributed by atoms with Crippen molar-refractivity contribution >= 4 is 12.2 Å². The molecule has 0 fully saturated rings. The highest BCUT2D eigenvalue weighted by atomic mass is 32.1. The molecule has 0 aliphatic heterocycles. The van der Waals surface area contributed by atoms with Crippen LogP contribution in [0, 0.1) is 10.7 Å². The van der Waals surface area contributed by atoms with E-state index in [2.05, 4.69) is 42.5 Å². The zero-order valence-electron chi connectivity index (χ0n) is 18.8. The van der Waals surface area contributed by atoms with Crippen molar-refractivity contribution in [3.05, 3.63) is 70.8 Å². The van der Waals surface area contributed by atoms with Crippen molar-refractivity contribution in [1.82, 2.24) is 19.2 Å². The zero-order valence-corrected chi connectivity index (χ0v) is 19.6. The number of ether oxygens (including phenoxy) is 2. The maximum Gasteiger partial charge on any atom is 0.199 e. The van der Waals surface area contributed by atoms with Crippen LogP contribution in [0.25, 0.3) is 0 Å². The molecule has 6 nitrogen and oxygen atoms in total. The molecule has 31 heavy (non-hydrogen) atoms. The molecule has 0 aliphatic carbocycles. The quantitative estimate of drug-likeness (QED) is 0.387. The van der Waals surface area contributed by atoms with E-state index < -0.39 is 0 Å². The Hall–Kier alpha value is -2.64. The molecule has 3 rings (SSSR count). The second-order valence-corrected chi connectivity index (χ2v) is 8.50. The minimum atomic E-state index is 0.390. The SMILES string of the molecule is COc1ccc(CN(C)Cn2nc(COc3ccccc3)n(CCC(C)C)c2=S)cc1. The third-order valence-electron chi connectivity index (χ3n) is 5.03. The van der Waals surface area contributed by atoms with Gasteiger partial charge in [-0.15, -0.1) is 0 Å². The molecule has 0 spiro atoms. The van der Waals surface area contributed by atoms with E-state index in [1.54, 1.807) is 7.11 Å². The summed E-state index contributed by atoms with van der Waals surface area (Å²) in [5.74, 6) is 3.13. The van der Waals surface area contributed by atoms with Crippen molar-refractivity contribution in [3.63, 3.8) is 0 Å². The Bertz CT molecular complexity index is 997. The molecule has 0 bridgehead atoms. The number of para-hydroxylation sites is 1. The van der Waals surface area contributed by atoms with Crippen LogP contribution in [0.1, 0.15) is 31.7 Å². The van der Waals surface area contributed by atoms with Gasteiger partial charge in [-0.25, -0.2) is 4.68 Å². The lowest BCUT2D eigenvalue weighted by atomic mass is 10.1.